The van der Waals surface area contributed by atoms with Crippen LogP contribution in [0.25, 0.3) is 10.9 Å². The molecule has 4 nitrogen and oxygen atoms in total. The first kappa shape index (κ1) is 11.4. The Morgan fingerprint density at radius 2 is 2.17 bits per heavy atom. The third-order valence-electron chi connectivity index (χ3n) is 3.37. The number of nitrogens with zero attached hydrogens (tertiary/aromatic N) is 2. The fraction of sp³-hybridized carbons (Fsp3) is 0.429. The molecular formula is C14H17N3O. The molecule has 1 fully saturated rings. The van der Waals surface area contributed by atoms with E-state index in [-0.39, 0.29) is 5.41 Å². The quantitative estimate of drug-likeness (QED) is 0.899. The zero-order valence-corrected chi connectivity index (χ0v) is 10.7. The van der Waals surface area contributed by atoms with Crippen LogP contribution in [0.1, 0.15) is 12.5 Å². The maximum atomic E-state index is 5.26. The van der Waals surface area contributed by atoms with Gasteiger partial charge in [0.1, 0.15) is 12.1 Å². The number of fused-ring (bicyclic) bond motifs is 1. The maximum absolute atomic E-state index is 5.26. The Bertz CT molecular complexity index is 578. The molecule has 1 saturated heterocycles. The molecule has 4 heteroatoms. The molecule has 1 aromatic carbocycles. The number of ether oxygens (including phenoxy) is 1. The molecule has 0 unspecified atom stereocenters. The predicted octanol–water partition coefficient (Wildman–Crippen LogP) is 2.39. The SMILES string of the molecule is Cc1ccc2ncnc(NCC3(C)COC3)c2c1. The largest absolute Gasteiger partial charge is 0.380 e. The Hall–Kier alpha value is -1.68. The standard InChI is InChI=1S/C14H17N3O/c1-10-3-4-12-11(5-10)13(17-9-16-12)15-6-14(2)7-18-8-14/h3-5,9H,6-8H2,1-2H3,(H,15,16,17). The average molecular weight is 243 g/mol. The van der Waals surface area contributed by atoms with Crippen LogP contribution in [0.3, 0.4) is 0 Å². The van der Waals surface area contributed by atoms with E-state index >= 15 is 0 Å². The van der Waals surface area contributed by atoms with Gasteiger partial charge < -0.3 is 10.1 Å². The lowest BCUT2D eigenvalue weighted by Gasteiger charge is -2.38. The van der Waals surface area contributed by atoms with Crippen LogP contribution in [0, 0.1) is 12.3 Å². The molecule has 0 radical (unpaired) electrons. The summed E-state index contributed by atoms with van der Waals surface area (Å²) in [6.07, 6.45) is 1.61. The van der Waals surface area contributed by atoms with Gasteiger partial charge in [0.15, 0.2) is 0 Å². The van der Waals surface area contributed by atoms with Crippen molar-refractivity contribution in [3.63, 3.8) is 0 Å². The molecule has 1 aliphatic heterocycles. The molecule has 2 aromatic rings. The summed E-state index contributed by atoms with van der Waals surface area (Å²) in [7, 11) is 0. The number of anilines is 1. The van der Waals surface area contributed by atoms with Crippen LogP contribution in [0.2, 0.25) is 0 Å². The van der Waals surface area contributed by atoms with Gasteiger partial charge in [0.05, 0.1) is 18.7 Å². The number of rotatable bonds is 3. The van der Waals surface area contributed by atoms with Gasteiger partial charge in [0.2, 0.25) is 0 Å². The molecule has 0 saturated carbocycles. The van der Waals surface area contributed by atoms with Gasteiger partial charge >= 0.3 is 0 Å². The maximum Gasteiger partial charge on any atom is 0.137 e. The highest BCUT2D eigenvalue weighted by molar-refractivity contribution is 5.89. The lowest BCUT2D eigenvalue weighted by molar-refractivity contribution is -0.0924. The van der Waals surface area contributed by atoms with Crippen LogP contribution in [-0.4, -0.2) is 29.7 Å². The van der Waals surface area contributed by atoms with Crippen molar-refractivity contribution in [2.45, 2.75) is 13.8 Å². The minimum absolute atomic E-state index is 0.237. The van der Waals surface area contributed by atoms with E-state index in [1.807, 2.05) is 6.07 Å². The van der Waals surface area contributed by atoms with Gasteiger partial charge in [0, 0.05) is 17.3 Å². The summed E-state index contributed by atoms with van der Waals surface area (Å²) in [5.41, 5.74) is 2.44. The molecule has 1 N–H and O–H groups in total. The van der Waals surface area contributed by atoms with E-state index in [9.17, 15) is 0 Å². The van der Waals surface area contributed by atoms with Crippen molar-refractivity contribution in [3.05, 3.63) is 30.1 Å². The fourth-order valence-corrected chi connectivity index (χ4v) is 2.16. The number of hydrogen-bond acceptors (Lipinski definition) is 4. The summed E-state index contributed by atoms with van der Waals surface area (Å²) in [6, 6.07) is 6.23. The topological polar surface area (TPSA) is 47.0 Å². The van der Waals surface area contributed by atoms with Crippen molar-refractivity contribution in [2.24, 2.45) is 5.41 Å². The lowest BCUT2D eigenvalue weighted by atomic mass is 9.89. The average Bonchev–Trinajstić information content (AvgIpc) is 2.34. The number of aromatic nitrogens is 2. The molecular weight excluding hydrogens is 226 g/mol. The summed E-state index contributed by atoms with van der Waals surface area (Å²) in [6.45, 7) is 6.83. The molecule has 1 aromatic heterocycles. The van der Waals surface area contributed by atoms with Crippen LogP contribution >= 0.6 is 0 Å². The second-order valence-corrected chi connectivity index (χ2v) is 5.40. The molecule has 3 rings (SSSR count). The zero-order chi connectivity index (χ0) is 12.6. The van der Waals surface area contributed by atoms with Gasteiger partial charge in [-0.15, -0.1) is 0 Å². The zero-order valence-electron chi connectivity index (χ0n) is 10.7. The van der Waals surface area contributed by atoms with Gasteiger partial charge in [0.25, 0.3) is 0 Å². The van der Waals surface area contributed by atoms with Crippen LogP contribution in [0.15, 0.2) is 24.5 Å². The first-order valence-electron chi connectivity index (χ1n) is 6.19. The fourth-order valence-electron chi connectivity index (χ4n) is 2.16. The highest BCUT2D eigenvalue weighted by Crippen LogP contribution is 2.28. The number of hydrogen-bond donors (Lipinski definition) is 1. The summed E-state index contributed by atoms with van der Waals surface area (Å²) in [4.78, 5) is 8.63. The number of benzene rings is 1. The summed E-state index contributed by atoms with van der Waals surface area (Å²) in [5.74, 6) is 0.914. The van der Waals surface area contributed by atoms with Crippen molar-refractivity contribution < 1.29 is 4.74 Å². The van der Waals surface area contributed by atoms with Crippen LogP contribution in [0.4, 0.5) is 5.82 Å². The van der Waals surface area contributed by atoms with E-state index in [4.69, 9.17) is 4.74 Å². The van der Waals surface area contributed by atoms with Crippen molar-refractivity contribution in [1.29, 1.82) is 0 Å². The molecule has 0 bridgehead atoms. The van der Waals surface area contributed by atoms with Gasteiger partial charge in [-0.3, -0.25) is 0 Å². The minimum Gasteiger partial charge on any atom is -0.380 e. The van der Waals surface area contributed by atoms with Crippen molar-refractivity contribution in [3.8, 4) is 0 Å². The number of nitrogens with one attached hydrogen (secondary N) is 1. The van der Waals surface area contributed by atoms with E-state index in [1.165, 1.54) is 5.56 Å². The van der Waals surface area contributed by atoms with E-state index in [1.54, 1.807) is 6.33 Å². The summed E-state index contributed by atoms with van der Waals surface area (Å²) < 4.78 is 5.26. The van der Waals surface area contributed by atoms with E-state index in [0.29, 0.717) is 0 Å². The van der Waals surface area contributed by atoms with Crippen LogP contribution in [-0.2, 0) is 4.74 Å². The van der Waals surface area contributed by atoms with E-state index < -0.39 is 0 Å². The summed E-state index contributed by atoms with van der Waals surface area (Å²) >= 11 is 0. The second-order valence-electron chi connectivity index (χ2n) is 5.40. The Morgan fingerprint density at radius 1 is 1.33 bits per heavy atom. The smallest absolute Gasteiger partial charge is 0.137 e. The third kappa shape index (κ3) is 2.04. The Labute approximate surface area is 106 Å². The first-order valence-corrected chi connectivity index (χ1v) is 6.19. The van der Waals surface area contributed by atoms with E-state index in [0.717, 1.165) is 36.5 Å². The van der Waals surface area contributed by atoms with Crippen LogP contribution < -0.4 is 5.32 Å². The molecule has 94 valence electrons. The predicted molar refractivity (Wildman–Crippen MR) is 71.7 cm³/mol. The molecule has 2 heterocycles. The molecule has 0 amide bonds. The van der Waals surface area contributed by atoms with Gasteiger partial charge in [-0.1, -0.05) is 18.6 Å². The normalized spacial score (nSPS) is 17.4. The van der Waals surface area contributed by atoms with Crippen molar-refractivity contribution in [2.75, 3.05) is 25.1 Å². The highest BCUT2D eigenvalue weighted by Gasteiger charge is 2.33. The van der Waals surface area contributed by atoms with Crippen molar-refractivity contribution in [1.82, 2.24) is 9.97 Å². The highest BCUT2D eigenvalue weighted by atomic mass is 16.5. The van der Waals surface area contributed by atoms with Gasteiger partial charge in [-0.2, -0.15) is 0 Å². The number of aryl methyl sites for hydroxylation is 1. The Kier molecular flexibility index (Phi) is 2.67. The van der Waals surface area contributed by atoms with Crippen LogP contribution in [0.5, 0.6) is 0 Å². The monoisotopic (exact) mass is 243 g/mol. The van der Waals surface area contributed by atoms with Gasteiger partial charge in [-0.05, 0) is 19.1 Å². The molecule has 18 heavy (non-hydrogen) atoms. The molecule has 0 spiro atoms. The molecule has 1 aliphatic rings. The lowest BCUT2D eigenvalue weighted by Crippen LogP contribution is -2.45. The van der Waals surface area contributed by atoms with Gasteiger partial charge in [-0.25, -0.2) is 9.97 Å². The molecule has 0 atom stereocenters. The Balaban J connectivity index is 1.88. The second kappa shape index (κ2) is 4.21. The third-order valence-corrected chi connectivity index (χ3v) is 3.37. The summed E-state index contributed by atoms with van der Waals surface area (Å²) in [5, 5.41) is 4.51. The Morgan fingerprint density at radius 3 is 2.89 bits per heavy atom. The minimum atomic E-state index is 0.237. The first-order chi connectivity index (χ1) is 8.66. The van der Waals surface area contributed by atoms with E-state index in [2.05, 4.69) is 41.3 Å². The van der Waals surface area contributed by atoms with Crippen molar-refractivity contribution >= 4 is 16.7 Å². The molecule has 0 aliphatic carbocycles.